The summed E-state index contributed by atoms with van der Waals surface area (Å²) < 4.78 is 14.1. The van der Waals surface area contributed by atoms with Crippen LogP contribution in [0.1, 0.15) is 32.4 Å². The van der Waals surface area contributed by atoms with Crippen LogP contribution in [0.25, 0.3) is 22.0 Å². The Bertz CT molecular complexity index is 922. The molecule has 3 rings (SSSR count). The summed E-state index contributed by atoms with van der Waals surface area (Å²) in [6.07, 6.45) is 0. The summed E-state index contributed by atoms with van der Waals surface area (Å²) in [7, 11) is 0. The fraction of sp³-hybridized carbons (Fsp3) is 0.211. The van der Waals surface area contributed by atoms with Gasteiger partial charge in [0.05, 0.1) is 5.69 Å². The molecule has 0 radical (unpaired) electrons. The van der Waals surface area contributed by atoms with Crippen molar-refractivity contribution in [1.82, 2.24) is 9.97 Å². The normalized spacial score (nSPS) is 11.0. The molecule has 0 aliphatic carbocycles. The molecular formula is C19H18FN3O. The van der Waals surface area contributed by atoms with Gasteiger partial charge in [0, 0.05) is 23.6 Å². The number of rotatable bonds is 3. The van der Waals surface area contributed by atoms with E-state index in [1.165, 1.54) is 13.0 Å². The van der Waals surface area contributed by atoms with E-state index in [1.54, 1.807) is 18.2 Å². The molecule has 0 spiro atoms. The van der Waals surface area contributed by atoms with Crippen molar-refractivity contribution >= 4 is 22.6 Å². The van der Waals surface area contributed by atoms with E-state index in [4.69, 9.17) is 0 Å². The monoisotopic (exact) mass is 323 g/mol. The van der Waals surface area contributed by atoms with E-state index in [1.807, 2.05) is 32.0 Å². The molecule has 4 nitrogen and oxygen atoms in total. The van der Waals surface area contributed by atoms with Crippen LogP contribution in [0, 0.1) is 5.82 Å². The molecule has 1 aromatic heterocycles. The molecule has 1 heterocycles. The first kappa shape index (κ1) is 16.1. The molecule has 0 fully saturated rings. The molecule has 24 heavy (non-hydrogen) atoms. The Labute approximate surface area is 139 Å². The van der Waals surface area contributed by atoms with Crippen molar-refractivity contribution in [2.75, 3.05) is 5.32 Å². The molecule has 0 aliphatic heterocycles. The van der Waals surface area contributed by atoms with Crippen LogP contribution >= 0.6 is 0 Å². The van der Waals surface area contributed by atoms with Crippen molar-refractivity contribution in [3.8, 4) is 11.3 Å². The van der Waals surface area contributed by atoms with Crippen LogP contribution < -0.4 is 5.32 Å². The van der Waals surface area contributed by atoms with Crippen LogP contribution in [0.4, 0.5) is 10.3 Å². The molecule has 0 saturated heterocycles. The Morgan fingerprint density at radius 3 is 2.46 bits per heavy atom. The Morgan fingerprint density at radius 1 is 1.08 bits per heavy atom. The third-order valence-electron chi connectivity index (χ3n) is 3.77. The zero-order chi connectivity index (χ0) is 17.3. The van der Waals surface area contributed by atoms with E-state index in [9.17, 15) is 9.18 Å². The van der Waals surface area contributed by atoms with Gasteiger partial charge in [0.15, 0.2) is 0 Å². The smallest absolute Gasteiger partial charge is 0.230 e. The zero-order valence-corrected chi connectivity index (χ0v) is 13.8. The van der Waals surface area contributed by atoms with Crippen molar-refractivity contribution in [1.29, 1.82) is 0 Å². The number of hydrogen-bond donors (Lipinski definition) is 1. The average molecular weight is 323 g/mol. The highest BCUT2D eigenvalue weighted by Crippen LogP contribution is 2.31. The predicted molar refractivity (Wildman–Crippen MR) is 93.3 cm³/mol. The van der Waals surface area contributed by atoms with Crippen molar-refractivity contribution < 1.29 is 9.18 Å². The molecule has 5 heteroatoms. The maximum atomic E-state index is 14.1. The molecule has 122 valence electrons. The van der Waals surface area contributed by atoms with Gasteiger partial charge in [0.2, 0.25) is 11.9 Å². The second kappa shape index (κ2) is 6.35. The molecule has 0 saturated carbocycles. The van der Waals surface area contributed by atoms with Crippen molar-refractivity contribution in [2.24, 2.45) is 0 Å². The first-order valence-electron chi connectivity index (χ1n) is 7.80. The number of carbonyl (C=O) groups excluding carboxylic acids is 1. The van der Waals surface area contributed by atoms with Gasteiger partial charge in [-0.05, 0) is 29.5 Å². The lowest BCUT2D eigenvalue weighted by Crippen LogP contribution is -2.11. The van der Waals surface area contributed by atoms with Gasteiger partial charge in [-0.25, -0.2) is 14.4 Å². The molecule has 1 amide bonds. The Kier molecular flexibility index (Phi) is 4.25. The number of carbonyl (C=O) groups is 1. The second-order valence-electron chi connectivity index (χ2n) is 5.98. The van der Waals surface area contributed by atoms with Gasteiger partial charge in [-0.15, -0.1) is 0 Å². The fourth-order valence-electron chi connectivity index (χ4n) is 2.60. The van der Waals surface area contributed by atoms with Crippen LogP contribution in [0.15, 0.2) is 42.5 Å². The lowest BCUT2D eigenvalue weighted by Gasteiger charge is -2.12. The molecular weight excluding hydrogens is 305 g/mol. The van der Waals surface area contributed by atoms with Gasteiger partial charge < -0.3 is 0 Å². The summed E-state index contributed by atoms with van der Waals surface area (Å²) in [6.45, 7) is 5.46. The van der Waals surface area contributed by atoms with E-state index < -0.39 is 0 Å². The fourth-order valence-corrected chi connectivity index (χ4v) is 2.60. The van der Waals surface area contributed by atoms with E-state index in [0.29, 0.717) is 11.1 Å². The van der Waals surface area contributed by atoms with E-state index in [0.717, 1.165) is 16.6 Å². The summed E-state index contributed by atoms with van der Waals surface area (Å²) in [4.78, 5) is 20.2. The van der Waals surface area contributed by atoms with Gasteiger partial charge in [-0.3, -0.25) is 10.1 Å². The predicted octanol–water partition coefficient (Wildman–Crippen LogP) is 4.52. The van der Waals surface area contributed by atoms with Gasteiger partial charge in [-0.1, -0.05) is 38.1 Å². The van der Waals surface area contributed by atoms with Crippen LogP contribution in [0.2, 0.25) is 0 Å². The quantitative estimate of drug-likeness (QED) is 0.771. The Morgan fingerprint density at radius 2 is 1.79 bits per heavy atom. The van der Waals surface area contributed by atoms with Crippen molar-refractivity contribution in [2.45, 2.75) is 26.7 Å². The summed E-state index contributed by atoms with van der Waals surface area (Å²) in [6, 6.07) is 12.3. The molecule has 0 atom stereocenters. The van der Waals surface area contributed by atoms with Crippen molar-refractivity contribution in [3.05, 3.63) is 54.0 Å². The number of hydrogen-bond acceptors (Lipinski definition) is 3. The molecule has 3 aromatic rings. The number of fused-ring (bicyclic) bond motifs is 1. The maximum absolute atomic E-state index is 14.1. The summed E-state index contributed by atoms with van der Waals surface area (Å²) >= 11 is 0. The van der Waals surface area contributed by atoms with E-state index >= 15 is 0 Å². The molecule has 0 bridgehead atoms. The third kappa shape index (κ3) is 3.11. The average Bonchev–Trinajstić information content (AvgIpc) is 2.54. The summed E-state index contributed by atoms with van der Waals surface area (Å²) in [5.74, 6) is -0.0662. The molecule has 0 unspecified atom stereocenters. The molecule has 1 N–H and O–H groups in total. The minimum Gasteiger partial charge on any atom is -0.295 e. The first-order chi connectivity index (χ1) is 11.5. The van der Waals surface area contributed by atoms with Gasteiger partial charge in [0.1, 0.15) is 5.82 Å². The number of benzene rings is 2. The van der Waals surface area contributed by atoms with Gasteiger partial charge in [-0.2, -0.15) is 0 Å². The number of amides is 1. The minimum absolute atomic E-state index is 0.172. The zero-order valence-electron chi connectivity index (χ0n) is 13.8. The number of halogens is 1. The van der Waals surface area contributed by atoms with E-state index in [2.05, 4.69) is 15.3 Å². The van der Waals surface area contributed by atoms with Crippen LogP contribution in [0.3, 0.4) is 0 Å². The Balaban J connectivity index is 2.24. The maximum Gasteiger partial charge on any atom is 0.230 e. The van der Waals surface area contributed by atoms with Gasteiger partial charge >= 0.3 is 0 Å². The number of nitrogens with one attached hydrogen (secondary N) is 1. The topological polar surface area (TPSA) is 54.9 Å². The number of aromatic nitrogens is 2. The third-order valence-corrected chi connectivity index (χ3v) is 3.77. The Hall–Kier alpha value is -2.82. The van der Waals surface area contributed by atoms with E-state index in [-0.39, 0.29) is 23.6 Å². The van der Waals surface area contributed by atoms with Crippen LogP contribution in [-0.4, -0.2) is 15.9 Å². The SMILES string of the molecule is CC(=O)Nc1nc(-c2ccc(F)c3ccccc23)cc(C(C)C)n1. The second-order valence-corrected chi connectivity index (χ2v) is 5.98. The highest BCUT2D eigenvalue weighted by atomic mass is 19.1. The number of nitrogens with zero attached hydrogens (tertiary/aromatic N) is 2. The van der Waals surface area contributed by atoms with Crippen LogP contribution in [0.5, 0.6) is 0 Å². The standard InChI is InChI=1S/C19H18FN3O/c1-11(2)17-10-18(23-19(22-17)21-12(3)24)15-8-9-16(20)14-7-5-4-6-13(14)15/h4-11H,1-3H3,(H,21,22,23,24). The molecule has 0 aliphatic rings. The first-order valence-corrected chi connectivity index (χ1v) is 7.80. The highest BCUT2D eigenvalue weighted by Gasteiger charge is 2.13. The van der Waals surface area contributed by atoms with Crippen LogP contribution in [-0.2, 0) is 4.79 Å². The lowest BCUT2D eigenvalue weighted by atomic mass is 10.00. The lowest BCUT2D eigenvalue weighted by molar-refractivity contribution is -0.114. The highest BCUT2D eigenvalue weighted by molar-refractivity contribution is 5.96. The number of anilines is 1. The summed E-state index contributed by atoms with van der Waals surface area (Å²) in [5.41, 5.74) is 2.29. The largest absolute Gasteiger partial charge is 0.295 e. The van der Waals surface area contributed by atoms with Crippen molar-refractivity contribution in [3.63, 3.8) is 0 Å². The summed E-state index contributed by atoms with van der Waals surface area (Å²) in [5, 5.41) is 3.95. The minimum atomic E-state index is -0.269. The molecule has 2 aromatic carbocycles. The van der Waals surface area contributed by atoms with Gasteiger partial charge in [0.25, 0.3) is 0 Å².